The average Bonchev–Trinajstić information content (AvgIpc) is 2.53. The van der Waals surface area contributed by atoms with Crippen LogP contribution in [0.25, 0.3) is 0 Å². The number of nitrogens with one attached hydrogen (secondary N) is 1. The summed E-state index contributed by atoms with van der Waals surface area (Å²) in [7, 11) is 0. The first-order chi connectivity index (χ1) is 10.9. The number of carbonyl (C=O) groups excluding carboxylic acids is 1. The van der Waals surface area contributed by atoms with E-state index in [1.54, 1.807) is 31.2 Å². The highest BCUT2D eigenvalue weighted by molar-refractivity contribution is 6.32. The van der Waals surface area contributed by atoms with Crippen LogP contribution in [-0.2, 0) is 0 Å². The molecule has 0 radical (unpaired) electrons. The van der Waals surface area contributed by atoms with Crippen molar-refractivity contribution in [2.45, 2.75) is 6.92 Å². The van der Waals surface area contributed by atoms with Gasteiger partial charge >= 0.3 is 0 Å². The molecule has 0 spiro atoms. The minimum Gasteiger partial charge on any atom is -0.267 e. The van der Waals surface area contributed by atoms with E-state index in [-0.39, 0.29) is 16.3 Å². The Bertz CT molecular complexity index is 789. The van der Waals surface area contributed by atoms with Gasteiger partial charge in [-0.15, -0.1) is 0 Å². The van der Waals surface area contributed by atoms with Crippen molar-refractivity contribution in [1.29, 1.82) is 0 Å². The first kappa shape index (κ1) is 16.9. The zero-order chi connectivity index (χ0) is 17.0. The molecule has 0 heterocycles. The number of amides is 1. The van der Waals surface area contributed by atoms with Crippen LogP contribution in [0.5, 0.6) is 0 Å². The second-order valence-electron chi connectivity index (χ2n) is 4.57. The number of nitrogens with zero attached hydrogens (tertiary/aromatic N) is 2. The Morgan fingerprint density at radius 3 is 2.35 bits per heavy atom. The summed E-state index contributed by atoms with van der Waals surface area (Å²) in [5, 5.41) is 15.4. The van der Waals surface area contributed by atoms with Crippen molar-refractivity contribution in [3.05, 3.63) is 73.8 Å². The largest absolute Gasteiger partial charge is 0.288 e. The molecule has 6 nitrogen and oxygen atoms in total. The molecule has 118 valence electrons. The molecule has 0 fully saturated rings. The third-order valence-electron chi connectivity index (χ3n) is 2.99. The number of hydrazone groups is 1. The fourth-order valence-corrected chi connectivity index (χ4v) is 2.06. The molecule has 0 unspecified atom stereocenters. The standard InChI is InChI=1S/C15H11Cl2N3O3/c1-9(10-2-5-12(16)6-3-10)18-19-15(21)11-4-7-13(17)14(8-11)20(22)23/h2-8H,1H3,(H,19,21). The fraction of sp³-hybridized carbons (Fsp3) is 0.0667. The van der Waals surface area contributed by atoms with Gasteiger partial charge in [0.25, 0.3) is 11.6 Å². The SMILES string of the molecule is CC(=NNC(=O)c1ccc(Cl)c([N+](=O)[O-])c1)c1ccc(Cl)cc1. The van der Waals surface area contributed by atoms with Gasteiger partial charge in [0.15, 0.2) is 0 Å². The van der Waals surface area contributed by atoms with Gasteiger partial charge in [0.05, 0.1) is 10.6 Å². The average molecular weight is 352 g/mol. The van der Waals surface area contributed by atoms with Gasteiger partial charge < -0.3 is 0 Å². The van der Waals surface area contributed by atoms with E-state index in [0.717, 1.165) is 11.6 Å². The second-order valence-corrected chi connectivity index (χ2v) is 5.41. The highest BCUT2D eigenvalue weighted by Crippen LogP contribution is 2.25. The molecule has 2 aromatic carbocycles. The number of benzene rings is 2. The molecule has 2 rings (SSSR count). The summed E-state index contributed by atoms with van der Waals surface area (Å²) in [5.41, 5.74) is 3.46. The third kappa shape index (κ3) is 4.28. The molecule has 23 heavy (non-hydrogen) atoms. The smallest absolute Gasteiger partial charge is 0.267 e. The van der Waals surface area contributed by atoms with E-state index in [0.29, 0.717) is 10.7 Å². The number of rotatable bonds is 4. The predicted octanol–water partition coefficient (Wildman–Crippen LogP) is 4.06. The van der Waals surface area contributed by atoms with E-state index in [4.69, 9.17) is 23.2 Å². The van der Waals surface area contributed by atoms with Gasteiger partial charge in [-0.2, -0.15) is 5.10 Å². The zero-order valence-electron chi connectivity index (χ0n) is 11.9. The predicted molar refractivity (Wildman–Crippen MR) is 89.2 cm³/mol. The maximum Gasteiger partial charge on any atom is 0.288 e. The van der Waals surface area contributed by atoms with Crippen molar-refractivity contribution in [2.24, 2.45) is 5.10 Å². The Morgan fingerprint density at radius 1 is 1.13 bits per heavy atom. The van der Waals surface area contributed by atoms with Crippen molar-refractivity contribution < 1.29 is 9.72 Å². The van der Waals surface area contributed by atoms with Crippen LogP contribution in [0.15, 0.2) is 47.6 Å². The summed E-state index contributed by atoms with van der Waals surface area (Å²) < 4.78 is 0. The Labute approximate surface area is 141 Å². The zero-order valence-corrected chi connectivity index (χ0v) is 13.4. The molecule has 0 atom stereocenters. The maximum atomic E-state index is 12.0. The molecule has 2 aromatic rings. The summed E-state index contributed by atoms with van der Waals surface area (Å²) in [6.07, 6.45) is 0. The molecule has 0 bridgehead atoms. The van der Waals surface area contributed by atoms with Gasteiger partial charge in [0.1, 0.15) is 5.02 Å². The van der Waals surface area contributed by atoms with E-state index in [9.17, 15) is 14.9 Å². The number of hydrogen-bond acceptors (Lipinski definition) is 4. The third-order valence-corrected chi connectivity index (χ3v) is 3.56. The summed E-state index contributed by atoms with van der Waals surface area (Å²) in [5.74, 6) is -0.571. The van der Waals surface area contributed by atoms with Crippen molar-refractivity contribution in [2.75, 3.05) is 0 Å². The molecule has 0 aliphatic carbocycles. The summed E-state index contributed by atoms with van der Waals surface area (Å²) >= 11 is 11.5. The second kappa shape index (κ2) is 7.21. The molecule has 0 aliphatic heterocycles. The van der Waals surface area contributed by atoms with Crippen LogP contribution in [0.3, 0.4) is 0 Å². The van der Waals surface area contributed by atoms with Crippen LogP contribution in [0.4, 0.5) is 5.69 Å². The summed E-state index contributed by atoms with van der Waals surface area (Å²) in [6, 6.07) is 10.7. The van der Waals surface area contributed by atoms with Crippen LogP contribution in [0, 0.1) is 10.1 Å². The molecular formula is C15H11Cl2N3O3. The highest BCUT2D eigenvalue weighted by atomic mass is 35.5. The van der Waals surface area contributed by atoms with Crippen LogP contribution in [0.2, 0.25) is 10.0 Å². The molecule has 0 aromatic heterocycles. The van der Waals surface area contributed by atoms with Crippen LogP contribution in [0.1, 0.15) is 22.8 Å². The van der Waals surface area contributed by atoms with Gasteiger partial charge in [-0.25, -0.2) is 5.43 Å². The number of nitro benzene ring substituents is 1. The lowest BCUT2D eigenvalue weighted by molar-refractivity contribution is -0.384. The maximum absolute atomic E-state index is 12.0. The number of nitro groups is 1. The van der Waals surface area contributed by atoms with E-state index < -0.39 is 10.8 Å². The highest BCUT2D eigenvalue weighted by Gasteiger charge is 2.16. The van der Waals surface area contributed by atoms with Gasteiger partial charge in [0, 0.05) is 16.7 Å². The lowest BCUT2D eigenvalue weighted by atomic mass is 10.1. The van der Waals surface area contributed by atoms with Crippen LogP contribution in [-0.4, -0.2) is 16.5 Å². The normalized spacial score (nSPS) is 11.2. The monoisotopic (exact) mass is 351 g/mol. The van der Waals surface area contributed by atoms with E-state index in [2.05, 4.69) is 10.5 Å². The van der Waals surface area contributed by atoms with Crippen LogP contribution < -0.4 is 5.43 Å². The summed E-state index contributed by atoms with van der Waals surface area (Å²) in [4.78, 5) is 22.2. The Hall–Kier alpha value is -2.44. The molecule has 1 N–H and O–H groups in total. The lowest BCUT2D eigenvalue weighted by Gasteiger charge is -2.04. The first-order valence-electron chi connectivity index (χ1n) is 6.43. The topological polar surface area (TPSA) is 84.6 Å². The minimum absolute atomic E-state index is 0.0348. The number of carbonyl (C=O) groups is 1. The van der Waals surface area contributed by atoms with Crippen LogP contribution >= 0.6 is 23.2 Å². The molecular weight excluding hydrogens is 341 g/mol. The molecule has 0 aliphatic rings. The Balaban J connectivity index is 2.16. The quantitative estimate of drug-likeness (QED) is 0.512. The van der Waals surface area contributed by atoms with E-state index in [1.165, 1.54) is 12.1 Å². The van der Waals surface area contributed by atoms with Crippen molar-refractivity contribution in [1.82, 2.24) is 5.43 Å². The molecule has 8 heteroatoms. The van der Waals surface area contributed by atoms with Gasteiger partial charge in [0.2, 0.25) is 0 Å². The van der Waals surface area contributed by atoms with Crippen molar-refractivity contribution >= 4 is 40.5 Å². The first-order valence-corrected chi connectivity index (χ1v) is 7.18. The summed E-state index contributed by atoms with van der Waals surface area (Å²) in [6.45, 7) is 1.72. The molecule has 1 amide bonds. The minimum atomic E-state index is -0.651. The van der Waals surface area contributed by atoms with Crippen molar-refractivity contribution in [3.8, 4) is 0 Å². The van der Waals surface area contributed by atoms with E-state index in [1.807, 2.05) is 0 Å². The number of hydrogen-bond donors (Lipinski definition) is 1. The molecule has 0 saturated carbocycles. The van der Waals surface area contributed by atoms with Gasteiger partial charge in [-0.1, -0.05) is 35.3 Å². The van der Waals surface area contributed by atoms with E-state index >= 15 is 0 Å². The fourth-order valence-electron chi connectivity index (χ4n) is 1.75. The van der Waals surface area contributed by atoms with Gasteiger partial charge in [-0.3, -0.25) is 14.9 Å². The molecule has 0 saturated heterocycles. The Morgan fingerprint density at radius 2 is 1.74 bits per heavy atom. The van der Waals surface area contributed by atoms with Gasteiger partial charge in [-0.05, 0) is 36.8 Å². The lowest BCUT2D eigenvalue weighted by Crippen LogP contribution is -2.19. The van der Waals surface area contributed by atoms with Crippen molar-refractivity contribution in [3.63, 3.8) is 0 Å². The Kier molecular flexibility index (Phi) is 5.31. The number of halogens is 2.